The lowest BCUT2D eigenvalue weighted by Crippen LogP contribution is -2.25. The van der Waals surface area contributed by atoms with Crippen molar-refractivity contribution in [2.24, 2.45) is 0 Å². The van der Waals surface area contributed by atoms with Crippen LogP contribution >= 0.6 is 0 Å². The fraction of sp³-hybridized carbons (Fsp3) is 0.571. The number of nitrogens with one attached hydrogen (secondary N) is 2. The normalized spacial score (nSPS) is 17.6. The van der Waals surface area contributed by atoms with E-state index in [-0.39, 0.29) is 11.1 Å². The first kappa shape index (κ1) is 8.71. The van der Waals surface area contributed by atoms with Gasteiger partial charge in [0.05, 0.1) is 6.20 Å². The molecule has 0 bridgehead atoms. The summed E-state index contributed by atoms with van der Waals surface area (Å²) in [5.74, 6) is 0.608. The molecule has 1 fully saturated rings. The van der Waals surface area contributed by atoms with Gasteiger partial charge in [0, 0.05) is 6.04 Å². The first-order valence-corrected chi connectivity index (χ1v) is 5.60. The summed E-state index contributed by atoms with van der Waals surface area (Å²) < 4.78 is 25.6. The summed E-state index contributed by atoms with van der Waals surface area (Å²) in [4.78, 5) is 6.52. The molecule has 1 aromatic rings. The second-order valence-electron chi connectivity index (χ2n) is 3.23. The van der Waals surface area contributed by atoms with Crippen molar-refractivity contribution in [3.8, 4) is 0 Å². The molecule has 72 valence electrons. The molecule has 0 aliphatic heterocycles. The Balaban J connectivity index is 2.22. The van der Waals surface area contributed by atoms with Crippen molar-refractivity contribution < 1.29 is 8.42 Å². The Labute approximate surface area is 76.6 Å². The molecule has 13 heavy (non-hydrogen) atoms. The number of H-pyrrole nitrogens is 1. The molecule has 5 nitrogen and oxygen atoms in total. The van der Waals surface area contributed by atoms with Crippen LogP contribution in [0.4, 0.5) is 0 Å². The number of imidazole rings is 1. The number of nitrogens with zero attached hydrogens (tertiary/aromatic N) is 1. The van der Waals surface area contributed by atoms with Crippen LogP contribution in [0.15, 0.2) is 11.2 Å². The lowest BCUT2D eigenvalue weighted by atomic mass is 10.8. The van der Waals surface area contributed by atoms with Crippen molar-refractivity contribution >= 4 is 10.0 Å². The highest BCUT2D eigenvalue weighted by molar-refractivity contribution is 7.89. The minimum absolute atomic E-state index is 0.133. The second kappa shape index (κ2) is 2.81. The van der Waals surface area contributed by atoms with Crippen molar-refractivity contribution in [1.29, 1.82) is 0 Å². The third-order valence-electron chi connectivity index (χ3n) is 1.87. The van der Waals surface area contributed by atoms with Crippen molar-refractivity contribution in [2.75, 3.05) is 0 Å². The summed E-state index contributed by atoms with van der Waals surface area (Å²) >= 11 is 0. The molecule has 1 heterocycles. The summed E-state index contributed by atoms with van der Waals surface area (Å²) in [5, 5.41) is 0.150. The molecule has 0 spiro atoms. The average molecular weight is 201 g/mol. The van der Waals surface area contributed by atoms with Gasteiger partial charge in [-0.2, -0.15) is 0 Å². The van der Waals surface area contributed by atoms with Crippen molar-refractivity contribution in [3.63, 3.8) is 0 Å². The van der Waals surface area contributed by atoms with Crippen molar-refractivity contribution in [2.45, 2.75) is 30.8 Å². The summed E-state index contributed by atoms with van der Waals surface area (Å²) in [6, 6.07) is 0.133. The molecule has 0 amide bonds. The highest BCUT2D eigenvalue weighted by Crippen LogP contribution is 2.21. The van der Waals surface area contributed by atoms with Crippen LogP contribution in [-0.4, -0.2) is 24.4 Å². The highest BCUT2D eigenvalue weighted by Gasteiger charge is 2.28. The predicted molar refractivity (Wildman–Crippen MR) is 46.7 cm³/mol. The summed E-state index contributed by atoms with van der Waals surface area (Å²) in [5.41, 5.74) is 0. The zero-order valence-corrected chi connectivity index (χ0v) is 8.06. The number of aromatic nitrogens is 2. The van der Waals surface area contributed by atoms with E-state index in [1.807, 2.05) is 0 Å². The van der Waals surface area contributed by atoms with E-state index in [4.69, 9.17) is 0 Å². The van der Waals surface area contributed by atoms with Crippen LogP contribution in [-0.2, 0) is 10.0 Å². The smallest absolute Gasteiger partial charge is 0.257 e. The Morgan fingerprint density at radius 1 is 1.62 bits per heavy atom. The number of hydrogen-bond donors (Lipinski definition) is 2. The van der Waals surface area contributed by atoms with Crippen LogP contribution in [0.25, 0.3) is 0 Å². The quantitative estimate of drug-likeness (QED) is 0.731. The lowest BCUT2D eigenvalue weighted by Gasteiger charge is -2.00. The average Bonchev–Trinajstić information content (AvgIpc) is 2.70. The maximum atomic E-state index is 11.5. The van der Waals surface area contributed by atoms with E-state index in [1.165, 1.54) is 6.20 Å². The molecule has 0 aromatic carbocycles. The summed E-state index contributed by atoms with van der Waals surface area (Å²) in [7, 11) is -3.34. The Morgan fingerprint density at radius 2 is 2.31 bits per heavy atom. The van der Waals surface area contributed by atoms with E-state index < -0.39 is 10.0 Å². The Hall–Kier alpha value is -0.880. The first-order valence-electron chi connectivity index (χ1n) is 4.12. The number of aromatic amines is 1. The third kappa shape index (κ3) is 1.89. The van der Waals surface area contributed by atoms with Crippen molar-refractivity contribution in [1.82, 2.24) is 14.7 Å². The number of sulfonamides is 1. The zero-order chi connectivity index (χ0) is 9.47. The Bertz CT molecular complexity index is 405. The molecule has 2 N–H and O–H groups in total. The van der Waals surface area contributed by atoms with Gasteiger partial charge in [0.25, 0.3) is 10.0 Å². The van der Waals surface area contributed by atoms with Gasteiger partial charge in [-0.25, -0.2) is 18.1 Å². The first-order chi connectivity index (χ1) is 6.08. The molecule has 1 saturated carbocycles. The number of aryl methyl sites for hydroxylation is 1. The fourth-order valence-corrected chi connectivity index (χ4v) is 2.29. The maximum Gasteiger partial charge on any atom is 0.257 e. The fourth-order valence-electron chi connectivity index (χ4n) is 1.02. The molecule has 1 aromatic heterocycles. The van der Waals surface area contributed by atoms with Gasteiger partial charge in [0.2, 0.25) is 0 Å². The van der Waals surface area contributed by atoms with Gasteiger partial charge < -0.3 is 4.98 Å². The molecule has 1 aliphatic carbocycles. The topological polar surface area (TPSA) is 74.8 Å². The van der Waals surface area contributed by atoms with E-state index in [0.717, 1.165) is 12.8 Å². The van der Waals surface area contributed by atoms with Crippen LogP contribution < -0.4 is 4.72 Å². The predicted octanol–water partition coefficient (Wildman–Crippen LogP) is 0.159. The van der Waals surface area contributed by atoms with E-state index in [9.17, 15) is 8.42 Å². The lowest BCUT2D eigenvalue weighted by molar-refractivity contribution is 0.577. The van der Waals surface area contributed by atoms with Crippen molar-refractivity contribution in [3.05, 3.63) is 12.0 Å². The van der Waals surface area contributed by atoms with Gasteiger partial charge >= 0.3 is 0 Å². The van der Waals surface area contributed by atoms with Crippen LogP contribution in [0.1, 0.15) is 18.7 Å². The number of hydrogen-bond acceptors (Lipinski definition) is 3. The zero-order valence-electron chi connectivity index (χ0n) is 7.24. The standard InChI is InChI=1S/C7H11N3O2S/c1-5-8-4-7(9-5)13(11,12)10-6-2-3-6/h4,6,10H,2-3H2,1H3,(H,8,9). The SMILES string of the molecule is Cc1ncc(S(=O)(=O)NC2CC2)[nH]1. The summed E-state index contributed by atoms with van der Waals surface area (Å²) in [6.07, 6.45) is 3.21. The van der Waals surface area contributed by atoms with Gasteiger partial charge in [-0.15, -0.1) is 0 Å². The van der Waals surface area contributed by atoms with E-state index >= 15 is 0 Å². The molecule has 0 unspecified atom stereocenters. The van der Waals surface area contributed by atoms with Crippen LogP contribution in [0.3, 0.4) is 0 Å². The molecule has 0 radical (unpaired) electrons. The highest BCUT2D eigenvalue weighted by atomic mass is 32.2. The van der Waals surface area contributed by atoms with Gasteiger partial charge in [0.15, 0.2) is 5.03 Å². The van der Waals surface area contributed by atoms with Crippen LogP contribution in [0, 0.1) is 6.92 Å². The monoisotopic (exact) mass is 201 g/mol. The van der Waals surface area contributed by atoms with Gasteiger partial charge in [-0.05, 0) is 19.8 Å². The second-order valence-corrected chi connectivity index (χ2v) is 4.91. The molecular weight excluding hydrogens is 190 g/mol. The van der Waals surface area contributed by atoms with E-state index in [0.29, 0.717) is 5.82 Å². The molecule has 6 heteroatoms. The molecule has 0 atom stereocenters. The van der Waals surface area contributed by atoms with Gasteiger partial charge in [-0.1, -0.05) is 0 Å². The summed E-state index contributed by atoms with van der Waals surface area (Å²) in [6.45, 7) is 1.72. The van der Waals surface area contributed by atoms with Crippen LogP contribution in [0.2, 0.25) is 0 Å². The van der Waals surface area contributed by atoms with Gasteiger partial charge in [0.1, 0.15) is 5.82 Å². The Morgan fingerprint density at radius 3 is 2.77 bits per heavy atom. The third-order valence-corrected chi connectivity index (χ3v) is 3.30. The van der Waals surface area contributed by atoms with E-state index in [1.54, 1.807) is 6.92 Å². The molecule has 2 rings (SSSR count). The minimum atomic E-state index is -3.34. The van der Waals surface area contributed by atoms with E-state index in [2.05, 4.69) is 14.7 Å². The van der Waals surface area contributed by atoms with Crippen LogP contribution in [0.5, 0.6) is 0 Å². The maximum absolute atomic E-state index is 11.5. The van der Waals surface area contributed by atoms with Gasteiger partial charge in [-0.3, -0.25) is 0 Å². The minimum Gasteiger partial charge on any atom is -0.332 e. The largest absolute Gasteiger partial charge is 0.332 e. The molecule has 1 aliphatic rings. The molecule has 0 saturated heterocycles. The number of rotatable bonds is 3. The Kier molecular flexibility index (Phi) is 1.88. The molecular formula is C7H11N3O2S.